The molecule has 6 heteroatoms. The van der Waals surface area contributed by atoms with Crippen LogP contribution < -0.4 is 5.32 Å². The van der Waals surface area contributed by atoms with Gasteiger partial charge in [0.2, 0.25) is 0 Å². The van der Waals surface area contributed by atoms with Gasteiger partial charge in [-0.1, -0.05) is 29.3 Å². The molecule has 1 aliphatic carbocycles. The third-order valence-corrected chi connectivity index (χ3v) is 4.16. The fraction of sp³-hybridized carbons (Fsp3) is 0.286. The number of nitrogens with zero attached hydrogens (tertiary/aromatic N) is 2. The number of nitrogens with one attached hydrogen (secondary N) is 1. The lowest BCUT2D eigenvalue weighted by molar-refractivity contribution is 0.102. The first-order valence-electron chi connectivity index (χ1n) is 6.38. The fourth-order valence-electron chi connectivity index (χ4n) is 2.58. The van der Waals surface area contributed by atoms with E-state index in [-0.39, 0.29) is 5.91 Å². The second kappa shape index (κ2) is 5.11. The number of rotatable bonds is 2. The predicted octanol–water partition coefficient (Wildman–Crippen LogP) is 3.47. The van der Waals surface area contributed by atoms with Crippen LogP contribution in [0.3, 0.4) is 0 Å². The number of carbonyl (C=O) groups excluding carboxylic acids is 1. The van der Waals surface area contributed by atoms with Crippen molar-refractivity contribution in [2.75, 3.05) is 5.32 Å². The highest BCUT2D eigenvalue weighted by Gasteiger charge is 2.25. The summed E-state index contributed by atoms with van der Waals surface area (Å²) < 4.78 is 1.78. The summed E-state index contributed by atoms with van der Waals surface area (Å²) in [7, 11) is 1.86. The zero-order valence-electron chi connectivity index (χ0n) is 10.9. The van der Waals surface area contributed by atoms with Crippen LogP contribution in [-0.4, -0.2) is 15.7 Å². The predicted molar refractivity (Wildman–Crippen MR) is 79.6 cm³/mol. The number of carbonyl (C=O) groups is 1. The molecule has 0 spiro atoms. The Balaban J connectivity index is 1.93. The van der Waals surface area contributed by atoms with Crippen molar-refractivity contribution in [3.8, 4) is 0 Å². The number of hydrogen-bond donors (Lipinski definition) is 1. The van der Waals surface area contributed by atoms with E-state index >= 15 is 0 Å². The number of fused-ring (bicyclic) bond motifs is 1. The molecule has 4 nitrogen and oxygen atoms in total. The molecule has 0 saturated carbocycles. The number of para-hydroxylation sites is 1. The lowest BCUT2D eigenvalue weighted by Gasteiger charge is -2.08. The molecule has 0 atom stereocenters. The summed E-state index contributed by atoms with van der Waals surface area (Å²) in [6.45, 7) is 0. The van der Waals surface area contributed by atoms with E-state index in [1.807, 2.05) is 7.05 Å². The molecule has 1 aliphatic rings. The molecule has 0 unspecified atom stereocenters. The van der Waals surface area contributed by atoms with E-state index < -0.39 is 0 Å². The first kappa shape index (κ1) is 13.5. The van der Waals surface area contributed by atoms with Gasteiger partial charge in [0, 0.05) is 18.3 Å². The minimum absolute atomic E-state index is 0.265. The summed E-state index contributed by atoms with van der Waals surface area (Å²) in [5, 5.41) is 7.90. The number of anilines is 1. The molecule has 0 saturated heterocycles. The molecule has 1 aromatic carbocycles. The molecule has 0 radical (unpaired) electrons. The second-order valence-electron chi connectivity index (χ2n) is 4.80. The first-order valence-corrected chi connectivity index (χ1v) is 7.13. The summed E-state index contributed by atoms with van der Waals surface area (Å²) in [5.41, 5.74) is 3.07. The van der Waals surface area contributed by atoms with Gasteiger partial charge in [-0.15, -0.1) is 0 Å². The summed E-state index contributed by atoms with van der Waals surface area (Å²) in [6, 6.07) is 5.11. The minimum atomic E-state index is -0.265. The maximum atomic E-state index is 12.4. The molecule has 0 aliphatic heterocycles. The van der Waals surface area contributed by atoms with Gasteiger partial charge < -0.3 is 5.32 Å². The Morgan fingerprint density at radius 2 is 2.00 bits per heavy atom. The smallest absolute Gasteiger partial charge is 0.276 e. The monoisotopic (exact) mass is 309 g/mol. The molecular weight excluding hydrogens is 297 g/mol. The van der Waals surface area contributed by atoms with Crippen molar-refractivity contribution in [1.82, 2.24) is 9.78 Å². The van der Waals surface area contributed by atoms with Crippen LogP contribution in [0.15, 0.2) is 18.2 Å². The van der Waals surface area contributed by atoms with E-state index in [9.17, 15) is 4.79 Å². The van der Waals surface area contributed by atoms with E-state index in [4.69, 9.17) is 23.2 Å². The van der Waals surface area contributed by atoms with Crippen molar-refractivity contribution in [1.29, 1.82) is 0 Å². The van der Waals surface area contributed by atoms with Crippen molar-refractivity contribution in [2.24, 2.45) is 7.05 Å². The summed E-state index contributed by atoms with van der Waals surface area (Å²) in [4.78, 5) is 12.4. The van der Waals surface area contributed by atoms with Gasteiger partial charge in [0.1, 0.15) is 0 Å². The van der Waals surface area contributed by atoms with Gasteiger partial charge in [-0.05, 0) is 31.4 Å². The van der Waals surface area contributed by atoms with Crippen molar-refractivity contribution >= 4 is 34.8 Å². The average molecular weight is 310 g/mol. The van der Waals surface area contributed by atoms with Crippen LogP contribution in [0.25, 0.3) is 0 Å². The second-order valence-corrected chi connectivity index (χ2v) is 5.62. The van der Waals surface area contributed by atoms with E-state index in [0.717, 1.165) is 30.5 Å². The molecule has 20 heavy (non-hydrogen) atoms. The maximum Gasteiger partial charge on any atom is 0.276 e. The Morgan fingerprint density at radius 1 is 1.30 bits per heavy atom. The van der Waals surface area contributed by atoms with Crippen LogP contribution in [0.4, 0.5) is 5.69 Å². The molecular formula is C14H13Cl2N3O. The quantitative estimate of drug-likeness (QED) is 0.923. The van der Waals surface area contributed by atoms with E-state index in [2.05, 4.69) is 10.4 Å². The van der Waals surface area contributed by atoms with E-state index in [0.29, 0.717) is 21.4 Å². The average Bonchev–Trinajstić information content (AvgIpc) is 2.98. The van der Waals surface area contributed by atoms with Gasteiger partial charge in [-0.3, -0.25) is 9.48 Å². The molecule has 0 bridgehead atoms. The van der Waals surface area contributed by atoms with Crippen LogP contribution in [0.5, 0.6) is 0 Å². The van der Waals surface area contributed by atoms with E-state index in [1.54, 1.807) is 22.9 Å². The van der Waals surface area contributed by atoms with Gasteiger partial charge in [-0.25, -0.2) is 0 Å². The SMILES string of the molecule is Cn1nc(C(=O)Nc2c(Cl)cccc2Cl)c2c1CCC2. The van der Waals surface area contributed by atoms with Gasteiger partial charge in [0.25, 0.3) is 5.91 Å². The maximum absolute atomic E-state index is 12.4. The normalized spacial score (nSPS) is 13.3. The molecule has 1 aromatic heterocycles. The number of amides is 1. The highest BCUT2D eigenvalue weighted by molar-refractivity contribution is 6.40. The minimum Gasteiger partial charge on any atom is -0.318 e. The van der Waals surface area contributed by atoms with E-state index in [1.165, 1.54) is 0 Å². The molecule has 3 rings (SSSR count). The highest BCUT2D eigenvalue weighted by Crippen LogP contribution is 2.31. The third-order valence-electron chi connectivity index (χ3n) is 3.53. The van der Waals surface area contributed by atoms with Crippen molar-refractivity contribution in [3.05, 3.63) is 45.2 Å². The molecule has 104 valence electrons. The molecule has 2 aromatic rings. The van der Waals surface area contributed by atoms with Crippen LogP contribution in [0.2, 0.25) is 10.0 Å². The number of hydrogen-bond acceptors (Lipinski definition) is 2. The Hall–Kier alpha value is -1.52. The van der Waals surface area contributed by atoms with Crippen LogP contribution in [-0.2, 0) is 19.9 Å². The van der Waals surface area contributed by atoms with Gasteiger partial charge in [-0.2, -0.15) is 5.10 Å². The summed E-state index contributed by atoms with van der Waals surface area (Å²) >= 11 is 12.1. The van der Waals surface area contributed by atoms with Crippen molar-refractivity contribution in [3.63, 3.8) is 0 Å². The fourth-order valence-corrected chi connectivity index (χ4v) is 3.08. The van der Waals surface area contributed by atoms with Crippen LogP contribution in [0.1, 0.15) is 28.2 Å². The Labute approximate surface area is 126 Å². The standard InChI is InChI=1S/C14H13Cl2N3O/c1-19-11-7-2-4-8(11)12(18-19)14(20)17-13-9(15)5-3-6-10(13)16/h3,5-6H,2,4,7H2,1H3,(H,17,20). The van der Waals surface area contributed by atoms with Crippen molar-refractivity contribution in [2.45, 2.75) is 19.3 Å². The Bertz CT molecular complexity index is 674. The molecule has 1 N–H and O–H groups in total. The van der Waals surface area contributed by atoms with Crippen LogP contribution in [0, 0.1) is 0 Å². The topological polar surface area (TPSA) is 46.9 Å². The van der Waals surface area contributed by atoms with Gasteiger partial charge >= 0.3 is 0 Å². The lowest BCUT2D eigenvalue weighted by atomic mass is 10.2. The molecule has 1 heterocycles. The Kier molecular flexibility index (Phi) is 3.44. The number of aromatic nitrogens is 2. The van der Waals surface area contributed by atoms with Crippen molar-refractivity contribution < 1.29 is 4.79 Å². The summed E-state index contributed by atoms with van der Waals surface area (Å²) in [5.74, 6) is -0.265. The zero-order chi connectivity index (χ0) is 14.3. The lowest BCUT2D eigenvalue weighted by Crippen LogP contribution is -2.15. The van der Waals surface area contributed by atoms with Crippen LogP contribution >= 0.6 is 23.2 Å². The molecule has 1 amide bonds. The first-order chi connectivity index (χ1) is 9.58. The number of aryl methyl sites for hydroxylation is 1. The molecule has 0 fully saturated rings. The van der Waals surface area contributed by atoms with Gasteiger partial charge in [0.15, 0.2) is 5.69 Å². The largest absolute Gasteiger partial charge is 0.318 e. The number of halogens is 2. The Morgan fingerprint density at radius 3 is 2.70 bits per heavy atom. The zero-order valence-corrected chi connectivity index (χ0v) is 12.4. The number of benzene rings is 1. The third kappa shape index (κ3) is 2.19. The highest BCUT2D eigenvalue weighted by atomic mass is 35.5. The summed E-state index contributed by atoms with van der Waals surface area (Å²) in [6.07, 6.45) is 2.93. The van der Waals surface area contributed by atoms with Gasteiger partial charge in [0.05, 0.1) is 15.7 Å².